The predicted molar refractivity (Wildman–Crippen MR) is 56.1 cm³/mol. The van der Waals surface area contributed by atoms with Crippen molar-refractivity contribution in [3.05, 3.63) is 0 Å². The van der Waals surface area contributed by atoms with Crippen LogP contribution in [0, 0.1) is 0 Å². The average Bonchev–Trinajstić information content (AvgIpc) is 2.10. The Morgan fingerprint density at radius 2 is 1.93 bits per heavy atom. The Hall–Kier alpha value is -0.650. The van der Waals surface area contributed by atoms with Crippen molar-refractivity contribution in [2.45, 2.75) is 51.5 Å². The van der Waals surface area contributed by atoms with Crippen LogP contribution in [0.2, 0.25) is 0 Å². The molecule has 0 rings (SSSR count). The zero-order chi connectivity index (χ0) is 12.1. The lowest BCUT2D eigenvalue weighted by atomic mass is 10.1. The van der Waals surface area contributed by atoms with Crippen LogP contribution in [-0.4, -0.2) is 36.1 Å². The monoisotopic (exact) mass is 219 g/mol. The molecule has 90 valence electrons. The molecule has 5 nitrogen and oxygen atoms in total. The van der Waals surface area contributed by atoms with Crippen molar-refractivity contribution in [3.8, 4) is 0 Å². The maximum Gasteiger partial charge on any atom is 0.323 e. The molecule has 0 aromatic heterocycles. The van der Waals surface area contributed by atoms with Crippen molar-refractivity contribution in [2.24, 2.45) is 5.73 Å². The highest BCUT2D eigenvalue weighted by Gasteiger charge is 2.22. The topological polar surface area (TPSA) is 81.8 Å². The number of hydrogen-bond acceptors (Lipinski definition) is 5. The molecular formula is C10H21NO4. The number of carbonyl (C=O) groups is 1. The maximum atomic E-state index is 11.4. The second-order valence-electron chi connectivity index (χ2n) is 4.41. The zero-order valence-electron chi connectivity index (χ0n) is 9.82. The van der Waals surface area contributed by atoms with Crippen molar-refractivity contribution in [1.82, 2.24) is 0 Å². The Morgan fingerprint density at radius 3 is 2.33 bits per heavy atom. The van der Waals surface area contributed by atoms with Gasteiger partial charge in [-0.2, -0.15) is 0 Å². The van der Waals surface area contributed by atoms with E-state index in [1.807, 2.05) is 0 Å². The summed E-state index contributed by atoms with van der Waals surface area (Å²) in [6.45, 7) is 5.34. The largest absolute Gasteiger partial charge is 0.459 e. The molecule has 0 saturated heterocycles. The van der Waals surface area contributed by atoms with Gasteiger partial charge in [0.05, 0.1) is 0 Å². The summed E-state index contributed by atoms with van der Waals surface area (Å²) in [5.41, 5.74) is 5.05. The summed E-state index contributed by atoms with van der Waals surface area (Å²) in [5, 5.41) is 9.09. The lowest BCUT2D eigenvalue weighted by Crippen LogP contribution is -2.37. The number of aliphatic hydroxyl groups is 1. The molecular weight excluding hydrogens is 198 g/mol. The minimum absolute atomic E-state index is 0.316. The molecule has 5 heteroatoms. The highest BCUT2D eigenvalue weighted by atomic mass is 16.6. The quantitative estimate of drug-likeness (QED) is 0.516. The first-order valence-corrected chi connectivity index (χ1v) is 4.95. The normalized spacial score (nSPS) is 15.9. The van der Waals surface area contributed by atoms with Crippen molar-refractivity contribution >= 4 is 5.97 Å². The molecule has 0 spiro atoms. The van der Waals surface area contributed by atoms with Gasteiger partial charge in [-0.3, -0.25) is 4.79 Å². The molecule has 0 aromatic carbocycles. The van der Waals surface area contributed by atoms with Crippen molar-refractivity contribution in [3.63, 3.8) is 0 Å². The van der Waals surface area contributed by atoms with Gasteiger partial charge in [0.2, 0.25) is 0 Å². The van der Waals surface area contributed by atoms with Gasteiger partial charge >= 0.3 is 5.97 Å². The summed E-state index contributed by atoms with van der Waals surface area (Å²) in [4.78, 5) is 11.4. The Bertz CT molecular complexity index is 200. The fraction of sp³-hybridized carbons (Fsp3) is 0.900. The number of rotatable bonds is 5. The van der Waals surface area contributed by atoms with Gasteiger partial charge in [-0.15, -0.1) is 0 Å². The van der Waals surface area contributed by atoms with Crippen LogP contribution in [0.15, 0.2) is 0 Å². The molecule has 0 aliphatic carbocycles. The van der Waals surface area contributed by atoms with Gasteiger partial charge in [0.1, 0.15) is 11.6 Å². The second kappa shape index (κ2) is 6.05. The summed E-state index contributed by atoms with van der Waals surface area (Å²) in [6.07, 6.45) is -0.223. The number of methoxy groups -OCH3 is 1. The van der Waals surface area contributed by atoms with Crippen LogP contribution >= 0.6 is 0 Å². The highest BCUT2D eigenvalue weighted by Crippen LogP contribution is 2.10. The summed E-state index contributed by atoms with van der Waals surface area (Å²) in [7, 11) is 1.39. The third kappa shape index (κ3) is 7.30. The first kappa shape index (κ1) is 14.3. The average molecular weight is 219 g/mol. The van der Waals surface area contributed by atoms with Gasteiger partial charge in [-0.05, 0) is 27.2 Å². The van der Waals surface area contributed by atoms with Crippen molar-refractivity contribution in [1.29, 1.82) is 0 Å². The van der Waals surface area contributed by atoms with Crippen LogP contribution in [-0.2, 0) is 14.3 Å². The first-order valence-electron chi connectivity index (χ1n) is 4.95. The molecule has 0 fully saturated rings. The van der Waals surface area contributed by atoms with E-state index in [9.17, 15) is 4.79 Å². The number of aliphatic hydroxyl groups excluding tert-OH is 1. The van der Waals surface area contributed by atoms with Crippen LogP contribution in [0.25, 0.3) is 0 Å². The van der Waals surface area contributed by atoms with Crippen LogP contribution in [0.3, 0.4) is 0 Å². The number of nitrogens with two attached hydrogens (primary N) is 1. The third-order valence-corrected chi connectivity index (χ3v) is 1.71. The van der Waals surface area contributed by atoms with Gasteiger partial charge < -0.3 is 20.3 Å². The minimum Gasteiger partial charge on any atom is -0.459 e. The SMILES string of the molecule is COC(O)CC[C@H](N)C(=O)OC(C)(C)C. The molecule has 0 aliphatic rings. The van der Waals surface area contributed by atoms with Crippen LogP contribution < -0.4 is 5.73 Å². The molecule has 0 radical (unpaired) electrons. The number of carbonyl (C=O) groups excluding carboxylic acids is 1. The molecule has 2 atom stereocenters. The van der Waals surface area contributed by atoms with E-state index in [4.69, 9.17) is 15.6 Å². The van der Waals surface area contributed by atoms with Crippen LogP contribution in [0.5, 0.6) is 0 Å². The number of ether oxygens (including phenoxy) is 2. The lowest BCUT2D eigenvalue weighted by Gasteiger charge is -2.22. The highest BCUT2D eigenvalue weighted by molar-refractivity contribution is 5.75. The summed E-state index contributed by atoms with van der Waals surface area (Å²) < 4.78 is 9.71. The van der Waals surface area contributed by atoms with Gasteiger partial charge in [-0.1, -0.05) is 0 Å². The van der Waals surface area contributed by atoms with Gasteiger partial charge in [0, 0.05) is 13.5 Å². The molecule has 1 unspecified atom stereocenters. The fourth-order valence-corrected chi connectivity index (χ4v) is 0.935. The first-order chi connectivity index (χ1) is 6.76. The number of hydrogen-bond donors (Lipinski definition) is 2. The third-order valence-electron chi connectivity index (χ3n) is 1.71. The zero-order valence-corrected chi connectivity index (χ0v) is 9.82. The summed E-state index contributed by atoms with van der Waals surface area (Å²) >= 11 is 0. The van der Waals surface area contributed by atoms with Gasteiger partial charge in [0.25, 0.3) is 0 Å². The van der Waals surface area contributed by atoms with E-state index in [-0.39, 0.29) is 0 Å². The van der Waals surface area contributed by atoms with Crippen LogP contribution in [0.1, 0.15) is 33.6 Å². The molecule has 0 bridgehead atoms. The standard InChI is InChI=1S/C10H21NO4/c1-10(2,3)15-9(13)7(11)5-6-8(12)14-4/h7-8,12H,5-6,11H2,1-4H3/t7-,8?/m0/s1. The Labute approximate surface area is 90.5 Å². The predicted octanol–water partition coefficient (Wildman–Crippen LogP) is 0.400. The Kier molecular flexibility index (Phi) is 5.79. The van der Waals surface area contributed by atoms with E-state index in [2.05, 4.69) is 4.74 Å². The second-order valence-corrected chi connectivity index (χ2v) is 4.41. The summed E-state index contributed by atoms with van der Waals surface area (Å²) in [6, 6.07) is -0.714. The van der Waals surface area contributed by atoms with E-state index >= 15 is 0 Å². The molecule has 3 N–H and O–H groups in total. The Morgan fingerprint density at radius 1 is 1.40 bits per heavy atom. The van der Waals surface area contributed by atoms with Crippen LogP contribution in [0.4, 0.5) is 0 Å². The molecule has 0 aromatic rings. The van der Waals surface area contributed by atoms with Gasteiger partial charge in [-0.25, -0.2) is 0 Å². The molecule has 0 heterocycles. The fourth-order valence-electron chi connectivity index (χ4n) is 0.935. The molecule has 0 amide bonds. The minimum atomic E-state index is -0.876. The smallest absolute Gasteiger partial charge is 0.323 e. The van der Waals surface area contributed by atoms with E-state index in [1.165, 1.54) is 7.11 Å². The Balaban J connectivity index is 3.90. The molecule has 0 saturated carbocycles. The molecule has 15 heavy (non-hydrogen) atoms. The van der Waals surface area contributed by atoms with Crippen molar-refractivity contribution < 1.29 is 19.4 Å². The van der Waals surface area contributed by atoms with E-state index in [0.29, 0.717) is 12.8 Å². The van der Waals surface area contributed by atoms with Gasteiger partial charge in [0.15, 0.2) is 6.29 Å². The number of esters is 1. The van der Waals surface area contributed by atoms with E-state index in [0.717, 1.165) is 0 Å². The van der Waals surface area contributed by atoms with Crippen molar-refractivity contribution in [2.75, 3.05) is 7.11 Å². The maximum absolute atomic E-state index is 11.4. The van der Waals surface area contributed by atoms with E-state index < -0.39 is 23.9 Å². The molecule has 0 aliphatic heterocycles. The lowest BCUT2D eigenvalue weighted by molar-refractivity contribution is -0.157. The summed E-state index contributed by atoms with van der Waals surface area (Å²) in [5.74, 6) is -0.453. The van der Waals surface area contributed by atoms with E-state index in [1.54, 1.807) is 20.8 Å².